The van der Waals surface area contributed by atoms with Crippen LogP contribution in [0.1, 0.15) is 5.56 Å². The van der Waals surface area contributed by atoms with Crippen molar-refractivity contribution in [3.63, 3.8) is 0 Å². The van der Waals surface area contributed by atoms with Crippen molar-refractivity contribution in [2.24, 2.45) is 4.99 Å². The van der Waals surface area contributed by atoms with Crippen LogP contribution in [0, 0.1) is 0 Å². The van der Waals surface area contributed by atoms with Gasteiger partial charge in [-0.1, -0.05) is 48.8 Å². The highest BCUT2D eigenvalue weighted by Gasteiger charge is 2.00. The standard InChI is InChI=1S/C10H7BrIN/c11-9-3-1-2-8(6-9)10-4-5-12-7-13-10/h1-7H. The number of nitrogens with zero attached hydrogens (tertiary/aromatic N) is 1. The van der Waals surface area contributed by atoms with Crippen LogP contribution in [-0.4, -0.2) is 9.85 Å². The molecule has 1 aromatic carbocycles. The molecule has 1 aromatic rings. The Morgan fingerprint density at radius 2 is 2.23 bits per heavy atom. The molecule has 0 fully saturated rings. The third kappa shape index (κ3) is 2.34. The summed E-state index contributed by atoms with van der Waals surface area (Å²) in [6.07, 6.45) is 2.11. The van der Waals surface area contributed by atoms with Gasteiger partial charge in [-0.3, -0.25) is 4.99 Å². The zero-order valence-corrected chi connectivity index (χ0v) is 10.5. The first-order valence-corrected chi connectivity index (χ1v) is 7.08. The van der Waals surface area contributed by atoms with Crippen molar-refractivity contribution in [1.82, 2.24) is 0 Å². The molecule has 0 unspecified atom stereocenters. The van der Waals surface area contributed by atoms with Crippen molar-refractivity contribution in [3.8, 4) is 0 Å². The Kier molecular flexibility index (Phi) is 3.05. The fourth-order valence-corrected chi connectivity index (χ4v) is 2.66. The van der Waals surface area contributed by atoms with Crippen molar-refractivity contribution < 1.29 is 0 Å². The summed E-state index contributed by atoms with van der Waals surface area (Å²) < 4.78 is 5.36. The van der Waals surface area contributed by atoms with Crippen LogP contribution in [0.3, 0.4) is 0 Å². The SMILES string of the molecule is Brc1cccc(C2=NC=IC=C2)c1. The molecule has 3 heteroatoms. The summed E-state index contributed by atoms with van der Waals surface area (Å²) in [5.41, 5.74) is 2.23. The van der Waals surface area contributed by atoms with Gasteiger partial charge in [0.15, 0.2) is 0 Å². The first-order chi connectivity index (χ1) is 6.36. The van der Waals surface area contributed by atoms with E-state index in [1.165, 1.54) is 5.56 Å². The summed E-state index contributed by atoms with van der Waals surface area (Å²) in [5.74, 6) is 0. The van der Waals surface area contributed by atoms with E-state index in [1.54, 1.807) is 0 Å². The molecule has 1 heterocycles. The Bertz CT molecular complexity index is 407. The maximum atomic E-state index is 4.37. The molecule has 0 aliphatic carbocycles. The second-order valence-corrected chi connectivity index (χ2v) is 5.45. The van der Waals surface area contributed by atoms with E-state index in [0.29, 0.717) is 0 Å². The number of benzene rings is 1. The van der Waals surface area contributed by atoms with Gasteiger partial charge in [0.05, 0.1) is 9.85 Å². The summed E-state index contributed by atoms with van der Waals surface area (Å²) in [4.78, 5) is 4.37. The molecule has 1 aliphatic rings. The largest absolute Gasteiger partial charge is 0.250 e. The van der Waals surface area contributed by atoms with Crippen LogP contribution in [0.2, 0.25) is 0 Å². The monoisotopic (exact) mass is 347 g/mol. The first-order valence-electron chi connectivity index (χ1n) is 3.80. The molecule has 1 aliphatic heterocycles. The molecule has 0 N–H and O–H groups in total. The van der Waals surface area contributed by atoms with Gasteiger partial charge in [-0.05, 0) is 22.3 Å². The van der Waals surface area contributed by atoms with Crippen LogP contribution in [0.25, 0.3) is 0 Å². The van der Waals surface area contributed by atoms with E-state index in [9.17, 15) is 0 Å². The highest BCUT2D eigenvalue weighted by atomic mass is 127. The molecular formula is C10H7BrIN. The molecule has 1 nitrogen and oxygen atoms in total. The molecule has 2 rings (SSSR count). The van der Waals surface area contributed by atoms with Gasteiger partial charge in [0.1, 0.15) is 0 Å². The van der Waals surface area contributed by atoms with Gasteiger partial charge in [-0.15, -0.1) is 0 Å². The van der Waals surface area contributed by atoms with Crippen molar-refractivity contribution in [1.29, 1.82) is 0 Å². The lowest BCUT2D eigenvalue weighted by Crippen LogP contribution is -1.97. The van der Waals surface area contributed by atoms with Gasteiger partial charge < -0.3 is 0 Å². The Morgan fingerprint density at radius 3 is 2.92 bits per heavy atom. The summed E-state index contributed by atoms with van der Waals surface area (Å²) in [5, 5.41) is 0. The molecule has 0 spiro atoms. The van der Waals surface area contributed by atoms with Gasteiger partial charge in [-0.2, -0.15) is 0 Å². The van der Waals surface area contributed by atoms with Crippen LogP contribution in [0.4, 0.5) is 0 Å². The molecular weight excluding hydrogens is 341 g/mol. The Hall–Kier alpha value is -0.290. The topological polar surface area (TPSA) is 12.4 Å². The summed E-state index contributed by atoms with van der Waals surface area (Å²) >= 11 is 3.53. The number of rotatable bonds is 1. The lowest BCUT2D eigenvalue weighted by Gasteiger charge is -2.02. The lowest BCUT2D eigenvalue weighted by molar-refractivity contribution is 1.59. The van der Waals surface area contributed by atoms with Gasteiger partial charge in [0.25, 0.3) is 0 Å². The first kappa shape index (κ1) is 9.27. The summed E-state index contributed by atoms with van der Waals surface area (Å²) in [6, 6.07) is 8.21. The van der Waals surface area contributed by atoms with Crippen LogP contribution >= 0.6 is 36.7 Å². The predicted molar refractivity (Wildman–Crippen MR) is 69.9 cm³/mol. The van der Waals surface area contributed by atoms with Crippen LogP contribution in [-0.2, 0) is 0 Å². The maximum Gasteiger partial charge on any atom is 0.0712 e. The molecule has 66 valence electrons. The minimum absolute atomic E-state index is 0.0829. The number of halogens is 2. The number of hydrogen-bond donors (Lipinski definition) is 0. The Morgan fingerprint density at radius 1 is 1.31 bits per heavy atom. The van der Waals surface area contributed by atoms with Crippen molar-refractivity contribution in [2.45, 2.75) is 0 Å². The number of allylic oxidation sites excluding steroid dienone is 1. The molecule has 0 bridgehead atoms. The lowest BCUT2D eigenvalue weighted by atomic mass is 10.1. The maximum absolute atomic E-state index is 4.37. The van der Waals surface area contributed by atoms with Crippen LogP contribution < -0.4 is 0 Å². The molecule has 0 saturated carbocycles. The Labute approximate surface area is 95.5 Å². The number of aliphatic imine (C=N–C) groups is 1. The summed E-state index contributed by atoms with van der Waals surface area (Å²) in [6.45, 7) is 0. The van der Waals surface area contributed by atoms with E-state index < -0.39 is 0 Å². The van der Waals surface area contributed by atoms with E-state index in [1.807, 2.05) is 16.3 Å². The molecule has 13 heavy (non-hydrogen) atoms. The second kappa shape index (κ2) is 4.28. The fourth-order valence-electron chi connectivity index (χ4n) is 1.07. The molecule has 0 atom stereocenters. The molecule has 0 saturated heterocycles. The van der Waals surface area contributed by atoms with E-state index >= 15 is 0 Å². The summed E-state index contributed by atoms with van der Waals surface area (Å²) in [7, 11) is 0. The smallest absolute Gasteiger partial charge is 0.0712 e. The van der Waals surface area contributed by atoms with E-state index in [2.05, 4.69) is 43.2 Å². The Balaban J connectivity index is 2.41. The third-order valence-corrected chi connectivity index (χ3v) is 3.53. The van der Waals surface area contributed by atoms with Gasteiger partial charge in [0, 0.05) is 10.0 Å². The van der Waals surface area contributed by atoms with Gasteiger partial charge in [-0.25, -0.2) is 0 Å². The molecule has 0 amide bonds. The predicted octanol–water partition coefficient (Wildman–Crippen LogP) is 3.50. The third-order valence-electron chi connectivity index (χ3n) is 1.66. The molecule has 0 aromatic heterocycles. The van der Waals surface area contributed by atoms with Crippen LogP contribution in [0.15, 0.2) is 43.9 Å². The minimum Gasteiger partial charge on any atom is -0.250 e. The number of hydrogen-bond acceptors (Lipinski definition) is 1. The highest BCUT2D eigenvalue weighted by molar-refractivity contribution is 14.2. The van der Waals surface area contributed by atoms with Gasteiger partial charge in [0.2, 0.25) is 0 Å². The van der Waals surface area contributed by atoms with Crippen molar-refractivity contribution in [2.75, 3.05) is 0 Å². The van der Waals surface area contributed by atoms with Crippen molar-refractivity contribution in [3.05, 3.63) is 44.5 Å². The van der Waals surface area contributed by atoms with Gasteiger partial charge >= 0.3 is 0 Å². The van der Waals surface area contributed by atoms with E-state index in [4.69, 9.17) is 0 Å². The van der Waals surface area contributed by atoms with E-state index in [-0.39, 0.29) is 20.7 Å². The second-order valence-electron chi connectivity index (χ2n) is 2.54. The van der Waals surface area contributed by atoms with Crippen molar-refractivity contribution >= 4 is 46.5 Å². The van der Waals surface area contributed by atoms with Crippen LogP contribution in [0.5, 0.6) is 0 Å². The zero-order valence-electron chi connectivity index (χ0n) is 6.74. The zero-order chi connectivity index (χ0) is 9.10. The average Bonchev–Trinajstić information content (AvgIpc) is 2.19. The van der Waals surface area contributed by atoms with E-state index in [0.717, 1.165) is 10.2 Å². The quantitative estimate of drug-likeness (QED) is 0.689. The minimum atomic E-state index is 0.0829. The fraction of sp³-hybridized carbons (Fsp3) is 0. The molecule has 0 radical (unpaired) electrons. The highest BCUT2D eigenvalue weighted by Crippen LogP contribution is 2.15. The average molecular weight is 348 g/mol. The normalized spacial score (nSPS) is 15.0.